The molecular weight excluding hydrogens is 488 g/mol. The highest BCUT2D eigenvalue weighted by Gasteiger charge is 2.17. The van der Waals surface area contributed by atoms with Gasteiger partial charge in [-0.2, -0.15) is 0 Å². The first-order valence-electron chi connectivity index (χ1n) is 10.7. The fourth-order valence-electron chi connectivity index (χ4n) is 3.38. The van der Waals surface area contributed by atoms with Crippen molar-refractivity contribution in [2.24, 2.45) is 0 Å². The van der Waals surface area contributed by atoms with Gasteiger partial charge in [-0.05, 0) is 49.2 Å². The van der Waals surface area contributed by atoms with E-state index in [1.807, 2.05) is 31.3 Å². The number of carbonyl (C=O) groups is 2. The second-order valence-corrected chi connectivity index (χ2v) is 8.81. The largest absolute Gasteiger partial charge is 0.486 e. The fourth-order valence-corrected chi connectivity index (χ4v) is 3.72. The van der Waals surface area contributed by atoms with Crippen LogP contribution in [0, 0.1) is 0 Å². The number of benzene rings is 2. The molecule has 0 saturated heterocycles. The van der Waals surface area contributed by atoms with Crippen LogP contribution in [0.15, 0.2) is 53.1 Å². The standard InChI is InChI=1S/C24H27BrN4O4/c1-4-5-16(2)28(3)23(30)18-8-6-17(7-9-18)13-29-14-20(26-27-29)15-33-22-12-19(25)10-11-21(22)24(31)32/h6-12,14,16H,4-5,13,15H2,1-3H3,(H,31,32). The Labute approximate surface area is 201 Å². The predicted molar refractivity (Wildman–Crippen MR) is 127 cm³/mol. The summed E-state index contributed by atoms with van der Waals surface area (Å²) in [7, 11) is 1.84. The van der Waals surface area contributed by atoms with E-state index in [-0.39, 0.29) is 29.9 Å². The number of carbonyl (C=O) groups excluding carboxylic acids is 1. The van der Waals surface area contributed by atoms with Crippen molar-refractivity contribution in [2.45, 2.75) is 45.9 Å². The lowest BCUT2D eigenvalue weighted by Crippen LogP contribution is -2.34. The van der Waals surface area contributed by atoms with E-state index in [0.717, 1.165) is 22.9 Å². The van der Waals surface area contributed by atoms with Crippen molar-refractivity contribution in [3.8, 4) is 5.75 Å². The van der Waals surface area contributed by atoms with Crippen LogP contribution < -0.4 is 4.74 Å². The molecule has 0 radical (unpaired) electrons. The van der Waals surface area contributed by atoms with Crippen LogP contribution >= 0.6 is 15.9 Å². The normalized spacial score (nSPS) is 11.8. The topological polar surface area (TPSA) is 97.5 Å². The smallest absolute Gasteiger partial charge is 0.339 e. The second kappa shape index (κ2) is 11.1. The molecule has 174 valence electrons. The van der Waals surface area contributed by atoms with E-state index in [9.17, 15) is 14.7 Å². The van der Waals surface area contributed by atoms with Crippen LogP contribution in [0.25, 0.3) is 0 Å². The molecule has 0 fully saturated rings. The number of nitrogens with zero attached hydrogens (tertiary/aromatic N) is 4. The van der Waals surface area contributed by atoms with E-state index in [1.54, 1.807) is 27.9 Å². The van der Waals surface area contributed by atoms with E-state index in [1.165, 1.54) is 6.07 Å². The number of carboxylic acids is 1. The number of carboxylic acid groups (broad SMARTS) is 1. The molecule has 0 aliphatic heterocycles. The molecule has 0 aliphatic rings. The van der Waals surface area contributed by atoms with Crippen molar-refractivity contribution >= 4 is 27.8 Å². The van der Waals surface area contributed by atoms with Gasteiger partial charge in [0.1, 0.15) is 23.6 Å². The van der Waals surface area contributed by atoms with Crippen LogP contribution in [0.5, 0.6) is 5.75 Å². The molecule has 1 N–H and O–H groups in total. The minimum Gasteiger partial charge on any atom is -0.486 e. The molecule has 1 unspecified atom stereocenters. The van der Waals surface area contributed by atoms with Crippen LogP contribution in [0.3, 0.4) is 0 Å². The van der Waals surface area contributed by atoms with Gasteiger partial charge in [0.25, 0.3) is 5.91 Å². The van der Waals surface area contributed by atoms with Crippen LogP contribution in [0.2, 0.25) is 0 Å². The Bertz CT molecular complexity index is 1110. The Morgan fingerprint density at radius 2 is 1.94 bits per heavy atom. The SMILES string of the molecule is CCCC(C)N(C)C(=O)c1ccc(Cn2cc(COc3cc(Br)ccc3C(=O)O)nn2)cc1. The van der Waals surface area contributed by atoms with Gasteiger partial charge in [-0.25, -0.2) is 9.48 Å². The zero-order chi connectivity index (χ0) is 24.0. The van der Waals surface area contributed by atoms with Gasteiger partial charge in [0, 0.05) is 23.1 Å². The zero-order valence-electron chi connectivity index (χ0n) is 18.9. The first-order valence-corrected chi connectivity index (χ1v) is 11.5. The molecule has 0 spiro atoms. The molecule has 0 bridgehead atoms. The zero-order valence-corrected chi connectivity index (χ0v) is 20.4. The second-order valence-electron chi connectivity index (χ2n) is 7.89. The van der Waals surface area contributed by atoms with Crippen LogP contribution in [-0.4, -0.2) is 50.0 Å². The van der Waals surface area contributed by atoms with E-state index in [4.69, 9.17) is 4.74 Å². The molecule has 1 atom stereocenters. The van der Waals surface area contributed by atoms with E-state index in [0.29, 0.717) is 17.8 Å². The summed E-state index contributed by atoms with van der Waals surface area (Å²) in [5.41, 5.74) is 2.29. The highest BCUT2D eigenvalue weighted by Crippen LogP contribution is 2.24. The van der Waals surface area contributed by atoms with Gasteiger partial charge >= 0.3 is 5.97 Å². The summed E-state index contributed by atoms with van der Waals surface area (Å²) in [6.07, 6.45) is 3.75. The molecule has 1 heterocycles. The Balaban J connectivity index is 1.60. The Morgan fingerprint density at radius 3 is 2.61 bits per heavy atom. The maximum atomic E-state index is 12.7. The maximum Gasteiger partial charge on any atom is 0.339 e. The summed E-state index contributed by atoms with van der Waals surface area (Å²) in [5, 5.41) is 17.5. The van der Waals surface area contributed by atoms with Crippen molar-refractivity contribution in [3.63, 3.8) is 0 Å². The third-order valence-corrected chi connectivity index (χ3v) is 5.86. The third-order valence-electron chi connectivity index (χ3n) is 5.37. The van der Waals surface area contributed by atoms with E-state index in [2.05, 4.69) is 40.1 Å². The van der Waals surface area contributed by atoms with Crippen molar-refractivity contribution in [2.75, 3.05) is 7.05 Å². The monoisotopic (exact) mass is 514 g/mol. The van der Waals surface area contributed by atoms with Crippen LogP contribution in [0.1, 0.15) is 58.7 Å². The van der Waals surface area contributed by atoms with Gasteiger partial charge in [-0.1, -0.05) is 46.6 Å². The quantitative estimate of drug-likeness (QED) is 0.423. The van der Waals surface area contributed by atoms with E-state index >= 15 is 0 Å². The number of hydrogen-bond acceptors (Lipinski definition) is 5. The molecular formula is C24H27BrN4O4. The summed E-state index contributed by atoms with van der Waals surface area (Å²) in [4.78, 5) is 25.8. The lowest BCUT2D eigenvalue weighted by molar-refractivity contribution is 0.0689. The molecule has 8 nitrogen and oxygen atoms in total. The molecule has 33 heavy (non-hydrogen) atoms. The predicted octanol–water partition coefficient (Wildman–Crippen LogP) is 4.63. The molecule has 3 aromatic rings. The molecule has 3 rings (SSSR count). The first kappa shape index (κ1) is 24.4. The van der Waals surface area contributed by atoms with Gasteiger partial charge in [0.2, 0.25) is 0 Å². The van der Waals surface area contributed by atoms with Gasteiger partial charge in [0.05, 0.1) is 12.7 Å². The number of aromatic carboxylic acids is 1. The van der Waals surface area contributed by atoms with Crippen molar-refractivity contribution in [1.29, 1.82) is 0 Å². The minimum atomic E-state index is -1.06. The number of ether oxygens (including phenoxy) is 1. The van der Waals surface area contributed by atoms with Crippen LogP contribution in [0.4, 0.5) is 0 Å². The van der Waals surface area contributed by atoms with Gasteiger partial charge in [0.15, 0.2) is 0 Å². The van der Waals surface area contributed by atoms with Gasteiger partial charge < -0.3 is 14.7 Å². The maximum absolute atomic E-state index is 12.7. The molecule has 1 amide bonds. The number of hydrogen-bond donors (Lipinski definition) is 1. The van der Waals surface area contributed by atoms with E-state index < -0.39 is 5.97 Å². The molecule has 0 saturated carbocycles. The molecule has 9 heteroatoms. The highest BCUT2D eigenvalue weighted by atomic mass is 79.9. The number of amides is 1. The molecule has 1 aromatic heterocycles. The summed E-state index contributed by atoms with van der Waals surface area (Å²) in [6.45, 7) is 4.74. The van der Waals surface area contributed by atoms with Gasteiger partial charge in [-0.3, -0.25) is 4.79 Å². The summed E-state index contributed by atoms with van der Waals surface area (Å²) >= 11 is 3.32. The van der Waals surface area contributed by atoms with Crippen molar-refractivity contribution in [1.82, 2.24) is 19.9 Å². The highest BCUT2D eigenvalue weighted by molar-refractivity contribution is 9.10. The van der Waals surface area contributed by atoms with Crippen LogP contribution in [-0.2, 0) is 13.2 Å². The third kappa shape index (κ3) is 6.41. The Hall–Kier alpha value is -3.20. The van der Waals surface area contributed by atoms with Crippen molar-refractivity contribution in [3.05, 3.63) is 75.5 Å². The molecule has 2 aromatic carbocycles. The number of halogens is 1. The lowest BCUT2D eigenvalue weighted by Gasteiger charge is -2.24. The number of aromatic nitrogens is 3. The average Bonchev–Trinajstić information content (AvgIpc) is 3.24. The number of rotatable bonds is 10. The summed E-state index contributed by atoms with van der Waals surface area (Å²) in [6, 6.07) is 12.4. The Kier molecular flexibility index (Phi) is 8.21. The summed E-state index contributed by atoms with van der Waals surface area (Å²) < 4.78 is 8.05. The Morgan fingerprint density at radius 1 is 1.21 bits per heavy atom. The first-order chi connectivity index (χ1) is 15.8. The summed E-state index contributed by atoms with van der Waals surface area (Å²) in [5.74, 6) is -0.796. The van der Waals surface area contributed by atoms with Crippen molar-refractivity contribution < 1.29 is 19.4 Å². The average molecular weight is 515 g/mol. The fraction of sp³-hybridized carbons (Fsp3) is 0.333. The minimum absolute atomic E-state index is 0.0102. The van der Waals surface area contributed by atoms with Gasteiger partial charge in [-0.15, -0.1) is 5.10 Å². The molecule has 0 aliphatic carbocycles. The lowest BCUT2D eigenvalue weighted by atomic mass is 10.1.